The van der Waals surface area contributed by atoms with E-state index in [0.717, 1.165) is 10.5 Å². The van der Waals surface area contributed by atoms with Crippen molar-refractivity contribution in [3.63, 3.8) is 0 Å². The summed E-state index contributed by atoms with van der Waals surface area (Å²) in [5, 5.41) is 9.55. The third-order valence-electron chi connectivity index (χ3n) is 2.24. The van der Waals surface area contributed by atoms with Crippen LogP contribution in [0.25, 0.3) is 0 Å². The molecule has 0 aliphatic carbocycles. The van der Waals surface area contributed by atoms with Crippen LogP contribution in [-0.4, -0.2) is 16.1 Å². The van der Waals surface area contributed by atoms with E-state index in [-0.39, 0.29) is 36.7 Å². The first kappa shape index (κ1) is 15.3. The minimum atomic E-state index is -0.960. The molecular weight excluding hydrogens is 472 g/mol. The molecule has 0 fully saturated rings. The minimum Gasteiger partial charge on any atom is -0.478 e. The molecule has 2 aromatic rings. The maximum atomic E-state index is 11.0. The van der Waals surface area contributed by atoms with Gasteiger partial charge in [0.2, 0.25) is 0 Å². The van der Waals surface area contributed by atoms with Crippen LogP contribution in [0.15, 0.2) is 46.5 Å². The van der Waals surface area contributed by atoms with E-state index in [0.29, 0.717) is 5.03 Å². The Labute approximate surface area is 133 Å². The van der Waals surface area contributed by atoms with E-state index >= 15 is 0 Å². The topological polar surface area (TPSA) is 50.2 Å². The molecule has 0 amide bonds. The van der Waals surface area contributed by atoms with Gasteiger partial charge in [-0.2, -0.15) is 24.3 Å². The number of carboxylic acid groups (broad SMARTS) is 1. The van der Waals surface area contributed by atoms with Crippen LogP contribution in [0.1, 0.15) is 15.9 Å². The van der Waals surface area contributed by atoms with E-state index in [2.05, 4.69) is 11.1 Å². The van der Waals surface area contributed by atoms with E-state index in [9.17, 15) is 4.79 Å². The number of aryl methyl sites for hydroxylation is 1. The zero-order valence-electron chi connectivity index (χ0n) is 9.68. The number of aromatic carboxylic acids is 1. The molecule has 3 nitrogen and oxygen atoms in total. The monoisotopic (exact) mass is 482 g/mol. The largest absolute Gasteiger partial charge is 2.00 e. The van der Waals surface area contributed by atoms with Crippen LogP contribution in [0.2, 0.25) is 0 Å². The van der Waals surface area contributed by atoms with Crippen LogP contribution in [-0.2, 0) is 0 Å². The summed E-state index contributed by atoms with van der Waals surface area (Å²) in [6.07, 6.45) is 1.59. The molecule has 18 heavy (non-hydrogen) atoms. The van der Waals surface area contributed by atoms with Gasteiger partial charge in [-0.3, -0.25) is 0 Å². The zero-order chi connectivity index (χ0) is 12.3. The summed E-state index contributed by atoms with van der Waals surface area (Å²) in [6.45, 7) is 1.97. The van der Waals surface area contributed by atoms with Gasteiger partial charge >= 0.3 is 37.1 Å². The number of carboxylic acids is 1. The smallest absolute Gasteiger partial charge is 0.478 e. The Balaban J connectivity index is 0.00000162. The Morgan fingerprint density at radius 2 is 2.22 bits per heavy atom. The van der Waals surface area contributed by atoms with Gasteiger partial charge in [0.15, 0.2) is 0 Å². The number of carbonyl (C=O) groups is 1. The van der Waals surface area contributed by atoms with Crippen LogP contribution in [0.5, 0.6) is 0 Å². The third kappa shape index (κ3) is 3.62. The minimum absolute atomic E-state index is 0. The number of hydrogen-bond donors (Lipinski definition) is 1. The predicted molar refractivity (Wildman–Crippen MR) is 65.3 cm³/mol. The van der Waals surface area contributed by atoms with Gasteiger partial charge in [-0.05, 0) is 12.1 Å². The van der Waals surface area contributed by atoms with Gasteiger partial charge in [0.25, 0.3) is 0 Å². The molecule has 0 spiro atoms. The fourth-order valence-electron chi connectivity index (χ4n) is 1.34. The molecule has 0 bridgehead atoms. The van der Waals surface area contributed by atoms with Gasteiger partial charge in [0.1, 0.15) is 5.03 Å². The third-order valence-corrected chi connectivity index (χ3v) is 3.42. The zero-order valence-corrected chi connectivity index (χ0v) is 14.7. The van der Waals surface area contributed by atoms with Crippen LogP contribution < -0.4 is 0 Å². The molecule has 0 aliphatic rings. The summed E-state index contributed by atoms with van der Waals surface area (Å²) in [6, 6.07) is 11.8. The summed E-state index contributed by atoms with van der Waals surface area (Å²) in [5.41, 5.74) is 1.30. The number of benzene rings is 1. The molecule has 2 rings (SSSR count). The van der Waals surface area contributed by atoms with Crippen LogP contribution >= 0.6 is 11.8 Å². The first-order chi connectivity index (χ1) is 8.18. The fourth-order valence-corrected chi connectivity index (χ4v) is 2.29. The second-order valence-corrected chi connectivity index (χ2v) is 4.49. The van der Waals surface area contributed by atoms with Gasteiger partial charge in [0, 0.05) is 6.20 Å². The van der Waals surface area contributed by atoms with Crippen molar-refractivity contribution in [1.82, 2.24) is 4.98 Å². The van der Waals surface area contributed by atoms with Crippen molar-refractivity contribution in [2.24, 2.45) is 0 Å². The quantitative estimate of drug-likeness (QED) is 0.684. The number of nitrogens with zero attached hydrogens (tertiary/aromatic N) is 1. The van der Waals surface area contributed by atoms with E-state index in [4.69, 9.17) is 5.11 Å². The Morgan fingerprint density at radius 3 is 2.89 bits per heavy atom. The van der Waals surface area contributed by atoms with E-state index in [1.165, 1.54) is 11.8 Å². The predicted octanol–water partition coefficient (Wildman–Crippen LogP) is 3.04. The van der Waals surface area contributed by atoms with Crippen molar-refractivity contribution in [3.05, 3.63) is 53.7 Å². The summed E-state index contributed by atoms with van der Waals surface area (Å²) >= 11 is 1.35. The first-order valence-corrected chi connectivity index (χ1v) is 5.83. The molecule has 88 valence electrons. The number of rotatable bonds is 3. The van der Waals surface area contributed by atoms with Crippen molar-refractivity contribution < 1.29 is 41.0 Å². The molecular formula is C13H10NO2SU+. The van der Waals surface area contributed by atoms with Gasteiger partial charge in [0.05, 0.1) is 5.56 Å². The van der Waals surface area contributed by atoms with Crippen LogP contribution in [0.3, 0.4) is 0 Å². The van der Waals surface area contributed by atoms with Crippen LogP contribution in [0.4, 0.5) is 0 Å². The van der Waals surface area contributed by atoms with Crippen molar-refractivity contribution >= 4 is 17.7 Å². The molecule has 0 saturated heterocycles. The fraction of sp³-hybridized carbons (Fsp3) is 0.0769. The SMILES string of the molecule is Cc1cc[c-]cc1Sc1ncccc1C(=O)O.[U+2]. The van der Waals surface area contributed by atoms with Gasteiger partial charge < -0.3 is 5.11 Å². The Morgan fingerprint density at radius 1 is 1.44 bits per heavy atom. The van der Waals surface area contributed by atoms with E-state index < -0.39 is 5.97 Å². The second-order valence-electron chi connectivity index (χ2n) is 3.45. The number of pyridine rings is 1. The molecule has 0 saturated carbocycles. The molecule has 1 aromatic carbocycles. The summed E-state index contributed by atoms with van der Waals surface area (Å²) in [5.74, 6) is -0.960. The molecule has 0 unspecified atom stereocenters. The van der Waals surface area contributed by atoms with Crippen molar-refractivity contribution in [2.45, 2.75) is 16.8 Å². The standard InChI is InChI=1S/C13H10NO2S.U/c1-9-5-2-3-7-11(9)17-12-10(13(15)16)6-4-8-14-12;/h2,4-8H,1H3,(H,15,16);/q-1;+2. The summed E-state index contributed by atoms with van der Waals surface area (Å²) in [4.78, 5) is 16.1. The molecule has 1 aromatic heterocycles. The average Bonchev–Trinajstić information content (AvgIpc) is 2.32. The van der Waals surface area contributed by atoms with Crippen molar-refractivity contribution in [1.29, 1.82) is 0 Å². The molecule has 5 heteroatoms. The molecule has 0 aliphatic heterocycles. The normalized spacial score (nSPS) is 9.61. The Hall–Kier alpha value is -0.758. The molecule has 0 radical (unpaired) electrons. The summed E-state index contributed by atoms with van der Waals surface area (Å²) in [7, 11) is 0. The second kappa shape index (κ2) is 6.99. The van der Waals surface area contributed by atoms with Crippen LogP contribution in [0, 0.1) is 44.1 Å². The molecule has 1 N–H and O–H groups in total. The Bertz CT molecular complexity index is 560. The van der Waals surface area contributed by atoms with Crippen molar-refractivity contribution in [3.8, 4) is 0 Å². The number of hydrogen-bond acceptors (Lipinski definition) is 3. The maximum Gasteiger partial charge on any atom is 2.00 e. The Kier molecular flexibility index (Phi) is 5.94. The van der Waals surface area contributed by atoms with Gasteiger partial charge in [-0.1, -0.05) is 11.8 Å². The van der Waals surface area contributed by atoms with E-state index in [1.807, 2.05) is 25.1 Å². The van der Waals surface area contributed by atoms with E-state index in [1.54, 1.807) is 18.3 Å². The van der Waals surface area contributed by atoms with Gasteiger partial charge in [-0.25, -0.2) is 9.78 Å². The van der Waals surface area contributed by atoms with Crippen molar-refractivity contribution in [2.75, 3.05) is 0 Å². The first-order valence-electron chi connectivity index (χ1n) is 5.01. The molecule has 1 heterocycles. The average molecular weight is 482 g/mol. The number of aromatic nitrogens is 1. The maximum absolute atomic E-state index is 11.0. The molecule has 0 atom stereocenters. The van der Waals surface area contributed by atoms with Gasteiger partial charge in [-0.15, -0.1) is 17.3 Å². The summed E-state index contributed by atoms with van der Waals surface area (Å²) < 4.78 is 0.